The minimum Gasteiger partial charge on any atom is -0.489 e. The fraction of sp³-hybridized carbons (Fsp3) is 0.625. The Kier molecular flexibility index (Phi) is 5.67. The second-order valence-corrected chi connectivity index (χ2v) is 5.26. The SMILES string of the molecule is CCC(CNCC1CCCO1)Oc1cccc(C)c1. The van der Waals surface area contributed by atoms with Gasteiger partial charge in [-0.3, -0.25) is 0 Å². The minimum absolute atomic E-state index is 0.225. The third-order valence-corrected chi connectivity index (χ3v) is 3.52. The third kappa shape index (κ3) is 4.84. The second kappa shape index (κ2) is 7.51. The van der Waals surface area contributed by atoms with Crippen molar-refractivity contribution in [2.75, 3.05) is 19.7 Å². The average Bonchev–Trinajstić information content (AvgIpc) is 2.91. The van der Waals surface area contributed by atoms with Crippen LogP contribution >= 0.6 is 0 Å². The van der Waals surface area contributed by atoms with Gasteiger partial charge in [0.2, 0.25) is 0 Å². The van der Waals surface area contributed by atoms with Crippen LogP contribution in [0, 0.1) is 6.92 Å². The zero-order valence-electron chi connectivity index (χ0n) is 12.0. The van der Waals surface area contributed by atoms with E-state index in [-0.39, 0.29) is 6.10 Å². The van der Waals surface area contributed by atoms with Crippen LogP contribution in [0.15, 0.2) is 24.3 Å². The van der Waals surface area contributed by atoms with Gasteiger partial charge in [-0.2, -0.15) is 0 Å². The second-order valence-electron chi connectivity index (χ2n) is 5.26. The maximum absolute atomic E-state index is 6.01. The largest absolute Gasteiger partial charge is 0.489 e. The van der Waals surface area contributed by atoms with Gasteiger partial charge in [0.05, 0.1) is 6.10 Å². The van der Waals surface area contributed by atoms with Gasteiger partial charge in [0.15, 0.2) is 0 Å². The van der Waals surface area contributed by atoms with Crippen molar-refractivity contribution in [3.8, 4) is 5.75 Å². The highest BCUT2D eigenvalue weighted by molar-refractivity contribution is 5.27. The van der Waals surface area contributed by atoms with Gasteiger partial charge in [-0.1, -0.05) is 19.1 Å². The molecular formula is C16H25NO2. The molecule has 0 saturated carbocycles. The lowest BCUT2D eigenvalue weighted by molar-refractivity contribution is 0.105. The van der Waals surface area contributed by atoms with E-state index in [2.05, 4.69) is 31.3 Å². The summed E-state index contributed by atoms with van der Waals surface area (Å²) in [4.78, 5) is 0. The first kappa shape index (κ1) is 14.4. The van der Waals surface area contributed by atoms with E-state index in [1.165, 1.54) is 18.4 Å². The van der Waals surface area contributed by atoms with Crippen molar-refractivity contribution in [3.05, 3.63) is 29.8 Å². The molecule has 19 heavy (non-hydrogen) atoms. The monoisotopic (exact) mass is 263 g/mol. The van der Waals surface area contributed by atoms with E-state index >= 15 is 0 Å². The molecular weight excluding hydrogens is 238 g/mol. The Morgan fingerprint density at radius 3 is 3.05 bits per heavy atom. The zero-order chi connectivity index (χ0) is 13.5. The zero-order valence-corrected chi connectivity index (χ0v) is 12.0. The molecule has 0 amide bonds. The van der Waals surface area contributed by atoms with Gasteiger partial charge >= 0.3 is 0 Å². The van der Waals surface area contributed by atoms with Crippen molar-refractivity contribution in [3.63, 3.8) is 0 Å². The number of hydrogen-bond acceptors (Lipinski definition) is 3. The van der Waals surface area contributed by atoms with E-state index in [1.807, 2.05) is 12.1 Å². The Labute approximate surface area is 116 Å². The highest BCUT2D eigenvalue weighted by Gasteiger charge is 2.15. The maximum Gasteiger partial charge on any atom is 0.120 e. The summed E-state index contributed by atoms with van der Waals surface area (Å²) in [5.74, 6) is 0.964. The predicted molar refractivity (Wildman–Crippen MR) is 77.7 cm³/mol. The molecule has 0 aromatic heterocycles. The fourth-order valence-corrected chi connectivity index (χ4v) is 2.36. The number of ether oxygens (including phenoxy) is 2. The van der Waals surface area contributed by atoms with E-state index in [0.29, 0.717) is 6.10 Å². The topological polar surface area (TPSA) is 30.5 Å². The molecule has 1 aromatic rings. The molecule has 1 aromatic carbocycles. The third-order valence-electron chi connectivity index (χ3n) is 3.52. The quantitative estimate of drug-likeness (QED) is 0.820. The van der Waals surface area contributed by atoms with Crippen molar-refractivity contribution in [1.82, 2.24) is 5.32 Å². The lowest BCUT2D eigenvalue weighted by Gasteiger charge is -2.19. The van der Waals surface area contributed by atoms with Crippen LogP contribution in [0.4, 0.5) is 0 Å². The summed E-state index contributed by atoms with van der Waals surface area (Å²) in [5.41, 5.74) is 1.24. The molecule has 106 valence electrons. The van der Waals surface area contributed by atoms with Crippen LogP contribution in [0.1, 0.15) is 31.7 Å². The Morgan fingerprint density at radius 2 is 2.37 bits per heavy atom. The lowest BCUT2D eigenvalue weighted by atomic mass is 10.2. The van der Waals surface area contributed by atoms with Crippen LogP contribution in [0.3, 0.4) is 0 Å². The number of hydrogen-bond donors (Lipinski definition) is 1. The van der Waals surface area contributed by atoms with Crippen molar-refractivity contribution >= 4 is 0 Å². The molecule has 1 heterocycles. The van der Waals surface area contributed by atoms with Gasteiger partial charge in [0, 0.05) is 19.7 Å². The van der Waals surface area contributed by atoms with Crippen molar-refractivity contribution in [2.24, 2.45) is 0 Å². The summed E-state index contributed by atoms with van der Waals surface area (Å²) in [7, 11) is 0. The van der Waals surface area contributed by atoms with Crippen molar-refractivity contribution in [1.29, 1.82) is 0 Å². The molecule has 0 radical (unpaired) electrons. The molecule has 1 saturated heterocycles. The Bertz CT molecular complexity index is 375. The molecule has 0 bridgehead atoms. The summed E-state index contributed by atoms with van der Waals surface area (Å²) in [6.07, 6.45) is 4.01. The molecule has 1 fully saturated rings. The molecule has 1 N–H and O–H groups in total. The van der Waals surface area contributed by atoms with Crippen molar-refractivity contribution < 1.29 is 9.47 Å². The standard InChI is InChI=1S/C16H25NO2/c1-3-14(11-17-12-16-8-5-9-18-16)19-15-7-4-6-13(2)10-15/h4,6-7,10,14,16-17H,3,5,8-9,11-12H2,1-2H3. The molecule has 2 atom stereocenters. The smallest absolute Gasteiger partial charge is 0.120 e. The fourth-order valence-electron chi connectivity index (χ4n) is 2.36. The molecule has 0 spiro atoms. The van der Waals surface area contributed by atoms with Crippen LogP contribution in [0.2, 0.25) is 0 Å². The van der Waals surface area contributed by atoms with E-state index in [4.69, 9.17) is 9.47 Å². The van der Waals surface area contributed by atoms with Gasteiger partial charge in [-0.05, 0) is 43.9 Å². The van der Waals surface area contributed by atoms with Crippen LogP contribution < -0.4 is 10.1 Å². The number of nitrogens with one attached hydrogen (secondary N) is 1. The van der Waals surface area contributed by atoms with Gasteiger partial charge in [0.1, 0.15) is 11.9 Å². The number of benzene rings is 1. The maximum atomic E-state index is 6.01. The average molecular weight is 263 g/mol. The summed E-state index contributed by atoms with van der Waals surface area (Å²) in [6.45, 7) is 6.99. The summed E-state index contributed by atoms with van der Waals surface area (Å²) in [5, 5.41) is 3.46. The van der Waals surface area contributed by atoms with E-state index in [1.54, 1.807) is 0 Å². The number of aryl methyl sites for hydroxylation is 1. The van der Waals surface area contributed by atoms with Gasteiger partial charge in [-0.25, -0.2) is 0 Å². The van der Waals surface area contributed by atoms with Crippen LogP contribution in [0.5, 0.6) is 5.75 Å². The Balaban J connectivity index is 1.73. The van der Waals surface area contributed by atoms with Gasteiger partial charge in [0.25, 0.3) is 0 Å². The molecule has 2 rings (SSSR count). The first-order chi connectivity index (χ1) is 9.28. The number of rotatable bonds is 7. The first-order valence-corrected chi connectivity index (χ1v) is 7.33. The minimum atomic E-state index is 0.225. The Morgan fingerprint density at radius 1 is 1.47 bits per heavy atom. The first-order valence-electron chi connectivity index (χ1n) is 7.33. The highest BCUT2D eigenvalue weighted by atomic mass is 16.5. The molecule has 3 heteroatoms. The summed E-state index contributed by atoms with van der Waals surface area (Å²) in [6, 6.07) is 8.24. The molecule has 0 aliphatic carbocycles. The predicted octanol–water partition coefficient (Wildman–Crippen LogP) is 2.92. The van der Waals surface area contributed by atoms with Crippen LogP contribution in [-0.2, 0) is 4.74 Å². The van der Waals surface area contributed by atoms with Gasteiger partial charge in [-0.15, -0.1) is 0 Å². The van der Waals surface area contributed by atoms with Crippen LogP contribution in [-0.4, -0.2) is 31.9 Å². The molecule has 2 unspecified atom stereocenters. The van der Waals surface area contributed by atoms with Crippen molar-refractivity contribution in [2.45, 2.75) is 45.3 Å². The highest BCUT2D eigenvalue weighted by Crippen LogP contribution is 2.15. The van der Waals surface area contributed by atoms with E-state index in [0.717, 1.165) is 31.9 Å². The molecule has 1 aliphatic heterocycles. The summed E-state index contributed by atoms with van der Waals surface area (Å²) < 4.78 is 11.6. The van der Waals surface area contributed by atoms with E-state index in [9.17, 15) is 0 Å². The van der Waals surface area contributed by atoms with Gasteiger partial charge < -0.3 is 14.8 Å². The lowest BCUT2D eigenvalue weighted by Crippen LogP contribution is -2.35. The Hall–Kier alpha value is -1.06. The van der Waals surface area contributed by atoms with E-state index < -0.39 is 0 Å². The molecule has 3 nitrogen and oxygen atoms in total. The van der Waals surface area contributed by atoms with Crippen LogP contribution in [0.25, 0.3) is 0 Å². The summed E-state index contributed by atoms with van der Waals surface area (Å²) >= 11 is 0. The molecule has 1 aliphatic rings. The normalized spacial score (nSPS) is 20.4.